The van der Waals surface area contributed by atoms with Gasteiger partial charge < -0.3 is 5.73 Å². The van der Waals surface area contributed by atoms with Gasteiger partial charge in [-0.15, -0.1) is 0 Å². The SMILES string of the molecule is Cc1cccc(-c2ccc(CN)cc2F)c1C. The molecule has 17 heavy (non-hydrogen) atoms. The van der Waals surface area contributed by atoms with Gasteiger partial charge in [0.2, 0.25) is 0 Å². The predicted octanol–water partition coefficient (Wildman–Crippen LogP) is 3.57. The lowest BCUT2D eigenvalue weighted by Crippen LogP contribution is -1.98. The summed E-state index contributed by atoms with van der Waals surface area (Å²) in [5.74, 6) is -0.207. The molecular formula is C15H16FN. The first-order chi connectivity index (χ1) is 8.13. The summed E-state index contributed by atoms with van der Waals surface area (Å²) >= 11 is 0. The van der Waals surface area contributed by atoms with Crippen molar-refractivity contribution in [1.29, 1.82) is 0 Å². The van der Waals surface area contributed by atoms with E-state index in [1.54, 1.807) is 6.07 Å². The van der Waals surface area contributed by atoms with Gasteiger partial charge in [0.05, 0.1) is 0 Å². The Kier molecular flexibility index (Phi) is 3.25. The molecule has 0 amide bonds. The molecule has 1 nitrogen and oxygen atoms in total. The van der Waals surface area contributed by atoms with Crippen LogP contribution in [-0.4, -0.2) is 0 Å². The zero-order valence-electron chi connectivity index (χ0n) is 10.1. The van der Waals surface area contributed by atoms with Crippen LogP contribution in [0.4, 0.5) is 4.39 Å². The normalized spacial score (nSPS) is 10.6. The van der Waals surface area contributed by atoms with E-state index in [0.29, 0.717) is 12.1 Å². The van der Waals surface area contributed by atoms with Crippen LogP contribution in [-0.2, 0) is 6.54 Å². The fourth-order valence-corrected chi connectivity index (χ4v) is 1.95. The molecule has 0 aromatic heterocycles. The molecule has 2 aromatic carbocycles. The van der Waals surface area contributed by atoms with Gasteiger partial charge in [0, 0.05) is 12.1 Å². The molecule has 2 heteroatoms. The number of halogens is 1. The van der Waals surface area contributed by atoms with Crippen molar-refractivity contribution >= 4 is 0 Å². The first-order valence-electron chi connectivity index (χ1n) is 5.68. The van der Waals surface area contributed by atoms with E-state index in [-0.39, 0.29) is 5.82 Å². The van der Waals surface area contributed by atoms with Crippen molar-refractivity contribution in [2.24, 2.45) is 5.73 Å². The highest BCUT2D eigenvalue weighted by Gasteiger charge is 2.09. The molecule has 0 aliphatic heterocycles. The lowest BCUT2D eigenvalue weighted by molar-refractivity contribution is 0.629. The third-order valence-corrected chi connectivity index (χ3v) is 3.16. The van der Waals surface area contributed by atoms with Crippen molar-refractivity contribution in [1.82, 2.24) is 0 Å². The molecule has 88 valence electrons. The molecule has 0 fully saturated rings. The maximum Gasteiger partial charge on any atom is 0.131 e. The van der Waals surface area contributed by atoms with E-state index in [9.17, 15) is 4.39 Å². The minimum Gasteiger partial charge on any atom is -0.326 e. The summed E-state index contributed by atoms with van der Waals surface area (Å²) in [5, 5.41) is 0. The molecule has 0 aliphatic carbocycles. The highest BCUT2D eigenvalue weighted by Crippen LogP contribution is 2.28. The molecule has 0 atom stereocenters. The Balaban J connectivity index is 2.57. The largest absolute Gasteiger partial charge is 0.326 e. The van der Waals surface area contributed by atoms with E-state index in [1.165, 1.54) is 11.6 Å². The number of aryl methyl sites for hydroxylation is 1. The molecule has 0 saturated heterocycles. The second-order valence-electron chi connectivity index (χ2n) is 4.27. The zero-order valence-corrected chi connectivity index (χ0v) is 10.1. The molecule has 0 saturated carbocycles. The maximum atomic E-state index is 14.0. The van der Waals surface area contributed by atoms with Gasteiger partial charge in [-0.2, -0.15) is 0 Å². The van der Waals surface area contributed by atoms with Gasteiger partial charge in [0.1, 0.15) is 5.82 Å². The van der Waals surface area contributed by atoms with Crippen LogP contribution in [0.2, 0.25) is 0 Å². The van der Waals surface area contributed by atoms with Crippen molar-refractivity contribution in [2.45, 2.75) is 20.4 Å². The predicted molar refractivity (Wildman–Crippen MR) is 69.2 cm³/mol. The van der Waals surface area contributed by atoms with E-state index in [2.05, 4.69) is 0 Å². The second-order valence-corrected chi connectivity index (χ2v) is 4.27. The fourth-order valence-electron chi connectivity index (χ4n) is 1.95. The minimum atomic E-state index is -0.207. The number of hydrogen-bond acceptors (Lipinski definition) is 1. The van der Waals surface area contributed by atoms with Gasteiger partial charge in [-0.1, -0.05) is 30.3 Å². The molecule has 0 radical (unpaired) electrons. The van der Waals surface area contributed by atoms with Crippen molar-refractivity contribution in [3.63, 3.8) is 0 Å². The molecule has 0 spiro atoms. The summed E-state index contributed by atoms with van der Waals surface area (Å²) in [6.07, 6.45) is 0. The number of rotatable bonds is 2. The van der Waals surface area contributed by atoms with Crippen molar-refractivity contribution in [2.75, 3.05) is 0 Å². The third-order valence-electron chi connectivity index (χ3n) is 3.16. The number of hydrogen-bond donors (Lipinski definition) is 1. The van der Waals surface area contributed by atoms with Crippen molar-refractivity contribution in [3.05, 3.63) is 58.9 Å². The second kappa shape index (κ2) is 4.68. The van der Waals surface area contributed by atoms with Gasteiger partial charge in [-0.3, -0.25) is 0 Å². The number of nitrogens with two attached hydrogens (primary N) is 1. The minimum absolute atomic E-state index is 0.207. The monoisotopic (exact) mass is 229 g/mol. The highest BCUT2D eigenvalue weighted by atomic mass is 19.1. The van der Waals surface area contributed by atoms with Crippen LogP contribution in [0.3, 0.4) is 0 Å². The first kappa shape index (κ1) is 11.8. The van der Waals surface area contributed by atoms with Crippen LogP contribution in [0, 0.1) is 19.7 Å². The van der Waals surface area contributed by atoms with Crippen molar-refractivity contribution < 1.29 is 4.39 Å². The van der Waals surface area contributed by atoms with Gasteiger partial charge in [0.25, 0.3) is 0 Å². The third kappa shape index (κ3) is 2.22. The average Bonchev–Trinajstić information content (AvgIpc) is 2.33. The molecule has 0 aliphatic rings. The smallest absolute Gasteiger partial charge is 0.131 e. The summed E-state index contributed by atoms with van der Waals surface area (Å²) in [6.45, 7) is 4.41. The lowest BCUT2D eigenvalue weighted by Gasteiger charge is -2.10. The Morgan fingerprint density at radius 3 is 2.47 bits per heavy atom. The summed E-state index contributed by atoms with van der Waals surface area (Å²) < 4.78 is 14.0. The Labute approximate surface area is 101 Å². The van der Waals surface area contributed by atoms with Gasteiger partial charge in [-0.05, 0) is 42.2 Å². The first-order valence-corrected chi connectivity index (χ1v) is 5.68. The van der Waals surface area contributed by atoms with E-state index < -0.39 is 0 Å². The summed E-state index contributed by atoms with van der Waals surface area (Å²) in [7, 11) is 0. The average molecular weight is 229 g/mol. The quantitative estimate of drug-likeness (QED) is 0.837. The van der Waals surface area contributed by atoms with Gasteiger partial charge in [-0.25, -0.2) is 4.39 Å². The van der Waals surface area contributed by atoms with Crippen LogP contribution in [0.5, 0.6) is 0 Å². The summed E-state index contributed by atoms with van der Waals surface area (Å²) in [4.78, 5) is 0. The van der Waals surface area contributed by atoms with Gasteiger partial charge >= 0.3 is 0 Å². The fraction of sp³-hybridized carbons (Fsp3) is 0.200. The highest BCUT2D eigenvalue weighted by molar-refractivity contribution is 5.69. The summed E-state index contributed by atoms with van der Waals surface area (Å²) in [5.41, 5.74) is 10.2. The van der Waals surface area contributed by atoms with Crippen LogP contribution in [0.15, 0.2) is 36.4 Å². The standard InChI is InChI=1S/C15H16FN/c1-10-4-3-5-13(11(10)2)14-7-6-12(9-17)8-15(14)16/h3-8H,9,17H2,1-2H3. The van der Waals surface area contributed by atoms with E-state index >= 15 is 0 Å². The van der Waals surface area contributed by atoms with Crippen molar-refractivity contribution in [3.8, 4) is 11.1 Å². The van der Waals surface area contributed by atoms with Crippen LogP contribution in [0.25, 0.3) is 11.1 Å². The summed E-state index contributed by atoms with van der Waals surface area (Å²) in [6, 6.07) is 11.1. The Morgan fingerprint density at radius 1 is 1.06 bits per heavy atom. The van der Waals surface area contributed by atoms with Crippen LogP contribution in [0.1, 0.15) is 16.7 Å². The molecular weight excluding hydrogens is 213 g/mol. The van der Waals surface area contributed by atoms with E-state index in [0.717, 1.165) is 16.7 Å². The molecule has 2 rings (SSSR count). The molecule has 0 bridgehead atoms. The molecule has 2 N–H and O–H groups in total. The lowest BCUT2D eigenvalue weighted by atomic mass is 9.96. The van der Waals surface area contributed by atoms with E-state index in [4.69, 9.17) is 5.73 Å². The topological polar surface area (TPSA) is 26.0 Å². The maximum absolute atomic E-state index is 14.0. The molecule has 0 unspecified atom stereocenters. The molecule has 2 aromatic rings. The Hall–Kier alpha value is -1.67. The number of benzene rings is 2. The van der Waals surface area contributed by atoms with Crippen LogP contribution < -0.4 is 5.73 Å². The van der Waals surface area contributed by atoms with Gasteiger partial charge in [0.15, 0.2) is 0 Å². The van der Waals surface area contributed by atoms with E-state index in [1.807, 2.05) is 38.1 Å². The zero-order chi connectivity index (χ0) is 12.4. The molecule has 0 heterocycles. The Morgan fingerprint density at radius 2 is 1.82 bits per heavy atom. The Bertz CT molecular complexity index is 547. The van der Waals surface area contributed by atoms with Crippen LogP contribution >= 0.6 is 0 Å².